The summed E-state index contributed by atoms with van der Waals surface area (Å²) in [7, 11) is 0. The Balaban J connectivity index is 1.47. The van der Waals surface area contributed by atoms with Gasteiger partial charge in [-0.25, -0.2) is 4.98 Å². The predicted octanol–water partition coefficient (Wildman–Crippen LogP) is 2.85. The van der Waals surface area contributed by atoms with Gasteiger partial charge in [0.1, 0.15) is 11.4 Å². The van der Waals surface area contributed by atoms with Crippen LogP contribution in [0.3, 0.4) is 0 Å². The fourth-order valence-corrected chi connectivity index (χ4v) is 4.31. The molecule has 2 aliphatic carbocycles. The Bertz CT molecular complexity index is 741. The third kappa shape index (κ3) is 7.80. The van der Waals surface area contributed by atoms with E-state index in [-0.39, 0.29) is 0 Å². The van der Waals surface area contributed by atoms with Crippen molar-refractivity contribution >= 4 is 46.1 Å². The average Bonchev–Trinajstić information content (AvgIpc) is 3.28. The molecule has 0 amide bonds. The number of rotatable bonds is 6. The minimum absolute atomic E-state index is 0.435. The number of nitrogens with zero attached hydrogens (tertiary/aromatic N) is 4. The first kappa shape index (κ1) is 23.5. The smallest absolute Gasteiger partial charge is 0.197 e. The summed E-state index contributed by atoms with van der Waals surface area (Å²) >= 11 is 10.7. The Kier molecular flexibility index (Phi) is 9.13. The molecule has 2 fully saturated rings. The van der Waals surface area contributed by atoms with Gasteiger partial charge in [0.15, 0.2) is 21.9 Å². The van der Waals surface area contributed by atoms with Crippen LogP contribution in [0.15, 0.2) is 10.2 Å². The number of hydrazone groups is 2. The molecule has 9 nitrogen and oxygen atoms in total. The Hall–Kier alpha value is -2.14. The lowest BCUT2D eigenvalue weighted by atomic mass is 9.96. The maximum Gasteiger partial charge on any atom is 0.197 e. The molecule has 170 valence electrons. The highest BCUT2D eigenvalue weighted by molar-refractivity contribution is 7.80. The van der Waals surface area contributed by atoms with E-state index >= 15 is 0 Å². The van der Waals surface area contributed by atoms with E-state index in [1.54, 1.807) is 0 Å². The van der Waals surface area contributed by atoms with Crippen molar-refractivity contribution in [1.82, 2.24) is 36.7 Å². The van der Waals surface area contributed by atoms with Gasteiger partial charge in [-0.2, -0.15) is 15.3 Å². The van der Waals surface area contributed by atoms with Crippen LogP contribution < -0.4 is 21.5 Å². The molecule has 11 heteroatoms. The van der Waals surface area contributed by atoms with E-state index in [1.165, 1.54) is 38.5 Å². The molecule has 2 aliphatic rings. The van der Waals surface area contributed by atoms with Gasteiger partial charge in [0.2, 0.25) is 0 Å². The summed E-state index contributed by atoms with van der Waals surface area (Å²) in [6, 6.07) is 0.871. The summed E-state index contributed by atoms with van der Waals surface area (Å²) in [5.41, 5.74) is 7.07. The minimum atomic E-state index is 0.435. The van der Waals surface area contributed by atoms with Crippen molar-refractivity contribution in [2.45, 2.75) is 90.1 Å². The van der Waals surface area contributed by atoms with E-state index in [0.29, 0.717) is 45.4 Å². The highest BCUT2D eigenvalue weighted by Gasteiger charge is 2.15. The second kappa shape index (κ2) is 12.0. The van der Waals surface area contributed by atoms with Gasteiger partial charge < -0.3 is 10.6 Å². The maximum absolute atomic E-state index is 5.35. The molecule has 31 heavy (non-hydrogen) atoms. The van der Waals surface area contributed by atoms with Crippen LogP contribution in [0.5, 0.6) is 0 Å². The molecule has 1 heterocycles. The topological polar surface area (TPSA) is 114 Å². The Morgan fingerprint density at radius 3 is 1.81 bits per heavy atom. The van der Waals surface area contributed by atoms with Gasteiger partial charge >= 0.3 is 0 Å². The van der Waals surface area contributed by atoms with Crippen LogP contribution in [-0.4, -0.2) is 48.9 Å². The Morgan fingerprint density at radius 2 is 1.29 bits per heavy atom. The number of hydrogen-bond acceptors (Lipinski definition) is 6. The molecule has 0 spiro atoms. The molecule has 0 saturated heterocycles. The quantitative estimate of drug-likeness (QED) is 0.249. The first-order valence-corrected chi connectivity index (χ1v) is 12.0. The molecule has 1 aromatic rings. The molecule has 0 atom stereocenters. The third-order valence-corrected chi connectivity index (χ3v) is 6.10. The summed E-state index contributed by atoms with van der Waals surface area (Å²) in [5, 5.41) is 23.5. The molecule has 0 radical (unpaired) electrons. The number of aromatic nitrogens is 3. The second-order valence-electron chi connectivity index (χ2n) is 8.24. The van der Waals surface area contributed by atoms with Gasteiger partial charge in [-0.3, -0.25) is 16.0 Å². The van der Waals surface area contributed by atoms with E-state index in [2.05, 4.69) is 46.9 Å². The van der Waals surface area contributed by atoms with Crippen LogP contribution in [0.2, 0.25) is 0 Å². The minimum Gasteiger partial charge on any atom is -0.359 e. The van der Waals surface area contributed by atoms with Crippen LogP contribution in [0.4, 0.5) is 0 Å². The second-order valence-corrected chi connectivity index (χ2v) is 9.06. The van der Waals surface area contributed by atoms with Crippen molar-refractivity contribution in [2.75, 3.05) is 0 Å². The predicted molar refractivity (Wildman–Crippen MR) is 132 cm³/mol. The summed E-state index contributed by atoms with van der Waals surface area (Å²) in [4.78, 5) is 4.46. The largest absolute Gasteiger partial charge is 0.359 e. The number of thiocarbonyl (C=S) groups is 2. The van der Waals surface area contributed by atoms with Crippen LogP contribution in [0.25, 0.3) is 0 Å². The summed E-state index contributed by atoms with van der Waals surface area (Å²) < 4.78 is 0. The van der Waals surface area contributed by atoms with E-state index < -0.39 is 0 Å². The van der Waals surface area contributed by atoms with Crippen LogP contribution in [-0.2, 0) is 0 Å². The fourth-order valence-electron chi connectivity index (χ4n) is 3.89. The average molecular weight is 464 g/mol. The van der Waals surface area contributed by atoms with Gasteiger partial charge in [-0.1, -0.05) is 38.5 Å². The van der Waals surface area contributed by atoms with Crippen LogP contribution in [0, 0.1) is 0 Å². The van der Waals surface area contributed by atoms with E-state index in [0.717, 1.165) is 25.7 Å². The summed E-state index contributed by atoms with van der Waals surface area (Å²) in [6.45, 7) is 3.67. The van der Waals surface area contributed by atoms with Crippen molar-refractivity contribution in [3.8, 4) is 0 Å². The molecular formula is C20H33N9S2. The van der Waals surface area contributed by atoms with Crippen LogP contribution in [0.1, 0.15) is 89.7 Å². The maximum atomic E-state index is 5.35. The van der Waals surface area contributed by atoms with E-state index in [1.807, 2.05) is 13.8 Å². The van der Waals surface area contributed by atoms with Gasteiger partial charge in [0.25, 0.3) is 0 Å². The zero-order valence-electron chi connectivity index (χ0n) is 18.3. The SMILES string of the molecule is C/C(=N/NC(=S)NC1CCCCC1)c1nc(/C(C)=N/NC(=S)NC2CCCCC2)n[nH]1. The molecule has 3 rings (SSSR count). The number of H-pyrrole nitrogens is 1. The first-order valence-electron chi connectivity index (χ1n) is 11.2. The van der Waals surface area contributed by atoms with Gasteiger partial charge in [0, 0.05) is 12.1 Å². The molecule has 0 unspecified atom stereocenters. The molecule has 1 aromatic heterocycles. The normalized spacial score (nSPS) is 19.0. The molecular weight excluding hydrogens is 430 g/mol. The molecule has 0 bridgehead atoms. The van der Waals surface area contributed by atoms with Crippen LogP contribution >= 0.6 is 24.4 Å². The zero-order chi connectivity index (χ0) is 22.1. The first-order chi connectivity index (χ1) is 15.0. The molecule has 5 N–H and O–H groups in total. The number of nitrogens with one attached hydrogen (secondary N) is 5. The number of aromatic amines is 1. The van der Waals surface area contributed by atoms with Crippen molar-refractivity contribution in [2.24, 2.45) is 10.2 Å². The Labute approximate surface area is 194 Å². The van der Waals surface area contributed by atoms with Crippen molar-refractivity contribution < 1.29 is 0 Å². The van der Waals surface area contributed by atoms with Crippen molar-refractivity contribution in [1.29, 1.82) is 0 Å². The molecule has 0 aromatic carbocycles. The fraction of sp³-hybridized carbons (Fsp3) is 0.700. The lowest BCUT2D eigenvalue weighted by molar-refractivity contribution is 0.412. The van der Waals surface area contributed by atoms with Gasteiger partial charge in [0.05, 0.1) is 0 Å². The summed E-state index contributed by atoms with van der Waals surface area (Å²) in [5.74, 6) is 1.04. The number of hydrogen-bond donors (Lipinski definition) is 5. The van der Waals surface area contributed by atoms with Gasteiger partial charge in [-0.05, 0) is 64.0 Å². The standard InChI is InChI=1S/C20H33N9S2/c1-13(24-28-19(30)21-15-9-5-3-6-10-15)17-23-18(27-26-17)14(2)25-29-20(31)22-16-11-7-4-8-12-16/h15-16H,3-12H2,1-2H3,(H2,21,28,30)(H2,22,29,31)(H,23,26,27)/b24-13-,25-14+. The van der Waals surface area contributed by atoms with E-state index in [9.17, 15) is 0 Å². The third-order valence-electron chi connectivity index (χ3n) is 5.68. The monoisotopic (exact) mass is 463 g/mol. The van der Waals surface area contributed by atoms with Crippen molar-refractivity contribution in [3.63, 3.8) is 0 Å². The lowest BCUT2D eigenvalue weighted by Crippen LogP contribution is -2.41. The summed E-state index contributed by atoms with van der Waals surface area (Å²) in [6.07, 6.45) is 12.2. The lowest BCUT2D eigenvalue weighted by Gasteiger charge is -2.23. The van der Waals surface area contributed by atoms with Crippen molar-refractivity contribution in [3.05, 3.63) is 11.6 Å². The Morgan fingerprint density at radius 1 is 0.806 bits per heavy atom. The van der Waals surface area contributed by atoms with Gasteiger partial charge in [-0.15, -0.1) is 0 Å². The highest BCUT2D eigenvalue weighted by atomic mass is 32.1. The molecule has 0 aliphatic heterocycles. The highest BCUT2D eigenvalue weighted by Crippen LogP contribution is 2.17. The zero-order valence-corrected chi connectivity index (χ0v) is 20.0. The molecule has 2 saturated carbocycles. The van der Waals surface area contributed by atoms with E-state index in [4.69, 9.17) is 24.4 Å².